The van der Waals surface area contributed by atoms with Gasteiger partial charge in [0.05, 0.1) is 16.7 Å². The minimum Gasteiger partial charge on any atom is -0.363 e. The third kappa shape index (κ3) is 3.15. The summed E-state index contributed by atoms with van der Waals surface area (Å²) in [5, 5.41) is 15.4. The van der Waals surface area contributed by atoms with Crippen molar-refractivity contribution in [2.75, 3.05) is 11.4 Å². The molecule has 126 valence electrons. The minimum absolute atomic E-state index is 0.0155. The van der Waals surface area contributed by atoms with Gasteiger partial charge in [0.25, 0.3) is 5.69 Å². The highest BCUT2D eigenvalue weighted by atomic mass is 16.6. The molecular weight excluding hydrogens is 308 g/mol. The van der Waals surface area contributed by atoms with Crippen molar-refractivity contribution in [2.45, 2.75) is 32.2 Å². The Morgan fingerprint density at radius 3 is 2.92 bits per heavy atom. The van der Waals surface area contributed by atoms with Crippen LogP contribution in [0.3, 0.4) is 0 Å². The number of hydrogen-bond donors (Lipinski definition) is 0. The summed E-state index contributed by atoms with van der Waals surface area (Å²) in [5.41, 5.74) is 2.27. The van der Waals surface area contributed by atoms with E-state index in [1.165, 1.54) is 0 Å². The van der Waals surface area contributed by atoms with E-state index in [0.29, 0.717) is 17.7 Å². The molecule has 1 atom stereocenters. The zero-order valence-corrected chi connectivity index (χ0v) is 13.8. The lowest BCUT2D eigenvalue weighted by atomic mass is 10.0. The van der Waals surface area contributed by atoms with Gasteiger partial charge in [-0.25, -0.2) is 0 Å². The van der Waals surface area contributed by atoms with Crippen LogP contribution in [0.4, 0.5) is 11.4 Å². The molecular formula is C17H20N4O3. The fourth-order valence-electron chi connectivity index (χ4n) is 3.28. The van der Waals surface area contributed by atoms with E-state index in [1.807, 2.05) is 17.9 Å². The lowest BCUT2D eigenvalue weighted by molar-refractivity contribution is -0.384. The minimum atomic E-state index is -0.354. The van der Waals surface area contributed by atoms with Crippen LogP contribution >= 0.6 is 0 Å². The summed E-state index contributed by atoms with van der Waals surface area (Å²) >= 11 is 0. The van der Waals surface area contributed by atoms with Gasteiger partial charge in [0.2, 0.25) is 0 Å². The Bertz CT molecular complexity index is 784. The molecule has 1 aromatic carbocycles. The summed E-state index contributed by atoms with van der Waals surface area (Å²) in [6.07, 6.45) is 5.40. The van der Waals surface area contributed by atoms with E-state index in [1.54, 1.807) is 36.3 Å². The molecule has 0 saturated carbocycles. The van der Waals surface area contributed by atoms with Crippen molar-refractivity contribution in [2.24, 2.45) is 7.05 Å². The molecule has 24 heavy (non-hydrogen) atoms. The standard InChI is InChI=1S/C17H20N4O3/c1-12-5-6-15(21(23)24)16(8-12)20-7-3-4-14(20)9-17(22)13-10-18-19(2)11-13/h5-6,8,10-11,14H,3-4,7,9H2,1-2H3/t14-/m0/s1. The van der Waals surface area contributed by atoms with Crippen molar-refractivity contribution >= 4 is 17.2 Å². The van der Waals surface area contributed by atoms with Gasteiger partial charge in [0.15, 0.2) is 5.78 Å². The van der Waals surface area contributed by atoms with Crippen molar-refractivity contribution in [3.63, 3.8) is 0 Å². The Kier molecular flexibility index (Phi) is 4.33. The second-order valence-corrected chi connectivity index (χ2v) is 6.27. The maximum atomic E-state index is 12.5. The Balaban J connectivity index is 1.85. The van der Waals surface area contributed by atoms with Crippen LogP contribution in [0.15, 0.2) is 30.6 Å². The van der Waals surface area contributed by atoms with Crippen molar-refractivity contribution in [3.05, 3.63) is 51.8 Å². The van der Waals surface area contributed by atoms with Crippen LogP contribution in [0.2, 0.25) is 0 Å². The molecule has 1 aromatic heterocycles. The molecule has 0 N–H and O–H groups in total. The van der Waals surface area contributed by atoms with Crippen molar-refractivity contribution in [3.8, 4) is 0 Å². The molecule has 0 bridgehead atoms. The number of Topliss-reactive ketones (excluding diaryl/α,β-unsaturated/α-hetero) is 1. The average molecular weight is 328 g/mol. The number of anilines is 1. The summed E-state index contributed by atoms with van der Waals surface area (Å²) in [4.78, 5) is 25.5. The summed E-state index contributed by atoms with van der Waals surface area (Å²) in [6.45, 7) is 2.65. The summed E-state index contributed by atoms with van der Waals surface area (Å²) in [7, 11) is 1.77. The van der Waals surface area contributed by atoms with E-state index in [0.717, 1.165) is 24.9 Å². The first-order valence-electron chi connectivity index (χ1n) is 7.99. The van der Waals surface area contributed by atoms with E-state index < -0.39 is 0 Å². The van der Waals surface area contributed by atoms with Gasteiger partial charge in [0, 0.05) is 38.3 Å². The largest absolute Gasteiger partial charge is 0.363 e. The van der Waals surface area contributed by atoms with Crippen LogP contribution in [0.25, 0.3) is 0 Å². The zero-order chi connectivity index (χ0) is 17.3. The number of rotatable bonds is 5. The highest BCUT2D eigenvalue weighted by Crippen LogP contribution is 2.35. The van der Waals surface area contributed by atoms with Crippen molar-refractivity contribution < 1.29 is 9.72 Å². The number of nitrogens with zero attached hydrogens (tertiary/aromatic N) is 4. The molecule has 0 aliphatic carbocycles. The molecule has 0 spiro atoms. The van der Waals surface area contributed by atoms with Crippen LogP contribution in [-0.4, -0.2) is 33.1 Å². The van der Waals surface area contributed by atoms with Gasteiger partial charge in [0.1, 0.15) is 5.69 Å². The zero-order valence-electron chi connectivity index (χ0n) is 13.8. The lowest BCUT2D eigenvalue weighted by Gasteiger charge is -2.26. The van der Waals surface area contributed by atoms with E-state index in [-0.39, 0.29) is 22.4 Å². The first kappa shape index (κ1) is 16.2. The normalized spacial score (nSPS) is 17.2. The average Bonchev–Trinajstić information content (AvgIpc) is 3.15. The van der Waals surface area contributed by atoms with Gasteiger partial charge in [-0.1, -0.05) is 6.07 Å². The molecule has 2 heterocycles. The molecule has 3 rings (SSSR count). The molecule has 1 aliphatic heterocycles. The highest BCUT2D eigenvalue weighted by molar-refractivity contribution is 5.96. The number of hydrogen-bond acceptors (Lipinski definition) is 5. The van der Waals surface area contributed by atoms with Crippen LogP contribution in [0.1, 0.15) is 35.2 Å². The number of carbonyl (C=O) groups is 1. The van der Waals surface area contributed by atoms with Gasteiger partial charge in [-0.05, 0) is 31.4 Å². The smallest absolute Gasteiger partial charge is 0.292 e. The summed E-state index contributed by atoms with van der Waals surface area (Å²) < 4.78 is 1.60. The van der Waals surface area contributed by atoms with E-state index >= 15 is 0 Å². The maximum absolute atomic E-state index is 12.5. The Morgan fingerprint density at radius 1 is 1.46 bits per heavy atom. The third-order valence-corrected chi connectivity index (χ3v) is 4.46. The van der Waals surface area contributed by atoms with Crippen molar-refractivity contribution in [1.82, 2.24) is 9.78 Å². The quantitative estimate of drug-likeness (QED) is 0.479. The number of nitro groups is 1. The van der Waals surface area contributed by atoms with Crippen LogP contribution in [0.5, 0.6) is 0 Å². The first-order valence-corrected chi connectivity index (χ1v) is 7.99. The first-order chi connectivity index (χ1) is 11.5. The molecule has 0 radical (unpaired) electrons. The number of aromatic nitrogens is 2. The van der Waals surface area contributed by atoms with E-state index in [9.17, 15) is 14.9 Å². The molecule has 1 aliphatic rings. The van der Waals surface area contributed by atoms with Gasteiger partial charge < -0.3 is 4.90 Å². The van der Waals surface area contributed by atoms with Crippen LogP contribution < -0.4 is 4.90 Å². The molecule has 1 saturated heterocycles. The van der Waals surface area contributed by atoms with E-state index in [2.05, 4.69) is 5.10 Å². The molecule has 0 amide bonds. The fourth-order valence-corrected chi connectivity index (χ4v) is 3.28. The number of ketones is 1. The van der Waals surface area contributed by atoms with Crippen molar-refractivity contribution in [1.29, 1.82) is 0 Å². The molecule has 0 unspecified atom stereocenters. The number of carbonyl (C=O) groups excluding carboxylic acids is 1. The Morgan fingerprint density at radius 2 is 2.25 bits per heavy atom. The Hall–Kier alpha value is -2.70. The second kappa shape index (κ2) is 6.43. The number of benzene rings is 1. The molecule has 7 nitrogen and oxygen atoms in total. The van der Waals surface area contributed by atoms with Gasteiger partial charge in [-0.3, -0.25) is 19.6 Å². The number of nitro benzene ring substituents is 1. The van der Waals surface area contributed by atoms with E-state index in [4.69, 9.17) is 0 Å². The molecule has 7 heteroatoms. The van der Waals surface area contributed by atoms with Crippen LogP contribution in [-0.2, 0) is 7.05 Å². The fraction of sp³-hybridized carbons (Fsp3) is 0.412. The SMILES string of the molecule is Cc1ccc([N+](=O)[O-])c(N2CCC[C@H]2CC(=O)c2cnn(C)c2)c1. The van der Waals surface area contributed by atoms with Gasteiger partial charge in [-0.15, -0.1) is 0 Å². The van der Waals surface area contributed by atoms with Gasteiger partial charge >= 0.3 is 0 Å². The molecule has 1 fully saturated rings. The predicted molar refractivity (Wildman–Crippen MR) is 90.4 cm³/mol. The lowest BCUT2D eigenvalue weighted by Crippen LogP contribution is -2.31. The summed E-state index contributed by atoms with van der Waals surface area (Å²) in [6, 6.07) is 5.11. The summed E-state index contributed by atoms with van der Waals surface area (Å²) in [5.74, 6) is 0.0234. The topological polar surface area (TPSA) is 81.3 Å². The highest BCUT2D eigenvalue weighted by Gasteiger charge is 2.31. The molecule has 2 aromatic rings. The predicted octanol–water partition coefficient (Wildman–Crippen LogP) is 2.88. The third-order valence-electron chi connectivity index (χ3n) is 4.46. The number of aryl methyl sites for hydroxylation is 2. The maximum Gasteiger partial charge on any atom is 0.292 e. The van der Waals surface area contributed by atoms with Gasteiger partial charge in [-0.2, -0.15) is 5.10 Å². The van der Waals surface area contributed by atoms with Crippen LogP contribution in [0, 0.1) is 17.0 Å². The second-order valence-electron chi connectivity index (χ2n) is 6.27. The monoisotopic (exact) mass is 328 g/mol. The Labute approximate surface area is 140 Å².